The largest absolute Gasteiger partial charge is 0.454 e. The Labute approximate surface area is 126 Å². The Morgan fingerprint density at radius 2 is 2.05 bits per heavy atom. The quantitative estimate of drug-likeness (QED) is 0.901. The Morgan fingerprint density at radius 3 is 2.73 bits per heavy atom. The van der Waals surface area contributed by atoms with E-state index in [0.29, 0.717) is 18.0 Å². The molecule has 1 heterocycles. The number of nitrogens with one attached hydrogen (secondary N) is 1. The smallest absolute Gasteiger partial charge is 0.405 e. The van der Waals surface area contributed by atoms with Crippen LogP contribution >= 0.6 is 0 Å². The monoisotopic (exact) mass is 318 g/mol. The topological polar surface area (TPSA) is 50.8 Å². The molecule has 8 heteroatoms. The Kier molecular flexibility index (Phi) is 4.80. The van der Waals surface area contributed by atoms with E-state index in [1.54, 1.807) is 31.0 Å². The number of nitrogens with zero attached hydrogens (tertiary/aromatic N) is 1. The summed E-state index contributed by atoms with van der Waals surface area (Å²) in [6.45, 7) is 0.800. The van der Waals surface area contributed by atoms with Gasteiger partial charge in [0.1, 0.15) is 6.54 Å². The molecule has 1 amide bonds. The Bertz CT molecular complexity index is 549. The maximum atomic E-state index is 12.1. The van der Waals surface area contributed by atoms with Crippen LogP contribution in [0.1, 0.15) is 12.5 Å². The average molecular weight is 318 g/mol. The standard InChI is InChI=1S/C14H17F3N2O3/c1-9(13(20)18-7-14(15,16)17)19(2)6-10-3-4-11-12(5-10)22-8-21-11/h3-5,9H,6-8H2,1-2H3,(H,18,20). The van der Waals surface area contributed by atoms with Crippen molar-refractivity contribution in [3.05, 3.63) is 23.8 Å². The fourth-order valence-electron chi connectivity index (χ4n) is 2.00. The number of hydrogen-bond acceptors (Lipinski definition) is 4. The minimum atomic E-state index is -4.41. The van der Waals surface area contributed by atoms with Crippen molar-refractivity contribution in [2.45, 2.75) is 25.7 Å². The van der Waals surface area contributed by atoms with Crippen LogP contribution in [0.25, 0.3) is 0 Å². The van der Waals surface area contributed by atoms with Crippen molar-refractivity contribution in [2.24, 2.45) is 0 Å². The van der Waals surface area contributed by atoms with E-state index in [1.165, 1.54) is 0 Å². The molecule has 122 valence electrons. The number of carbonyl (C=O) groups excluding carboxylic acids is 1. The third kappa shape index (κ3) is 4.27. The van der Waals surface area contributed by atoms with Gasteiger partial charge in [-0.15, -0.1) is 0 Å². The lowest BCUT2D eigenvalue weighted by molar-refractivity contribution is -0.141. The van der Waals surface area contributed by atoms with Gasteiger partial charge in [-0.2, -0.15) is 13.2 Å². The summed E-state index contributed by atoms with van der Waals surface area (Å²) < 4.78 is 46.8. The normalized spacial score (nSPS) is 15.0. The highest BCUT2D eigenvalue weighted by Crippen LogP contribution is 2.32. The van der Waals surface area contributed by atoms with E-state index in [0.717, 1.165) is 5.56 Å². The highest BCUT2D eigenvalue weighted by molar-refractivity contribution is 5.81. The van der Waals surface area contributed by atoms with Gasteiger partial charge in [0.05, 0.1) is 6.04 Å². The summed E-state index contributed by atoms with van der Waals surface area (Å²) in [6.07, 6.45) is -4.41. The van der Waals surface area contributed by atoms with Crippen molar-refractivity contribution in [2.75, 3.05) is 20.4 Å². The van der Waals surface area contributed by atoms with Crippen LogP contribution in [0.4, 0.5) is 13.2 Å². The predicted molar refractivity (Wildman–Crippen MR) is 72.6 cm³/mol. The molecular formula is C14H17F3N2O3. The second kappa shape index (κ2) is 6.43. The van der Waals surface area contributed by atoms with E-state index in [2.05, 4.69) is 0 Å². The summed E-state index contributed by atoms with van der Waals surface area (Å²) in [4.78, 5) is 13.4. The van der Waals surface area contributed by atoms with E-state index in [9.17, 15) is 18.0 Å². The summed E-state index contributed by atoms with van der Waals surface area (Å²) in [5.74, 6) is 0.614. The average Bonchev–Trinajstić information content (AvgIpc) is 2.90. The van der Waals surface area contributed by atoms with Crippen molar-refractivity contribution in [1.82, 2.24) is 10.2 Å². The molecule has 0 saturated carbocycles. The summed E-state index contributed by atoms with van der Waals surface area (Å²) in [5.41, 5.74) is 0.877. The lowest BCUT2D eigenvalue weighted by Crippen LogP contribution is -2.45. The molecule has 22 heavy (non-hydrogen) atoms. The molecule has 1 aromatic rings. The molecule has 0 radical (unpaired) electrons. The first-order valence-corrected chi connectivity index (χ1v) is 6.69. The molecule has 5 nitrogen and oxygen atoms in total. The number of carbonyl (C=O) groups is 1. The fourth-order valence-corrected chi connectivity index (χ4v) is 2.00. The van der Waals surface area contributed by atoms with E-state index >= 15 is 0 Å². The van der Waals surface area contributed by atoms with Gasteiger partial charge in [-0.3, -0.25) is 9.69 Å². The zero-order valence-electron chi connectivity index (χ0n) is 12.2. The minimum absolute atomic E-state index is 0.172. The lowest BCUT2D eigenvalue weighted by Gasteiger charge is -2.24. The van der Waals surface area contributed by atoms with E-state index in [4.69, 9.17) is 9.47 Å². The Balaban J connectivity index is 1.90. The van der Waals surface area contributed by atoms with Crippen molar-refractivity contribution < 1.29 is 27.4 Å². The van der Waals surface area contributed by atoms with E-state index in [1.807, 2.05) is 11.4 Å². The van der Waals surface area contributed by atoms with Crippen LogP contribution in [-0.2, 0) is 11.3 Å². The molecular weight excluding hydrogens is 301 g/mol. The second-order valence-corrected chi connectivity index (χ2v) is 5.11. The van der Waals surface area contributed by atoms with Crippen LogP contribution in [0.2, 0.25) is 0 Å². The number of ether oxygens (including phenoxy) is 2. The van der Waals surface area contributed by atoms with Gasteiger partial charge in [-0.05, 0) is 31.7 Å². The number of rotatable bonds is 5. The number of halogens is 3. The zero-order chi connectivity index (χ0) is 16.3. The molecule has 1 aromatic carbocycles. The molecule has 0 fully saturated rings. The van der Waals surface area contributed by atoms with Gasteiger partial charge in [-0.1, -0.05) is 6.07 Å². The number of likely N-dealkylation sites (N-methyl/N-ethyl adjacent to an activating group) is 1. The van der Waals surface area contributed by atoms with Gasteiger partial charge in [0.15, 0.2) is 11.5 Å². The number of amides is 1. The zero-order valence-corrected chi connectivity index (χ0v) is 12.2. The van der Waals surface area contributed by atoms with Gasteiger partial charge < -0.3 is 14.8 Å². The molecule has 1 N–H and O–H groups in total. The van der Waals surface area contributed by atoms with E-state index < -0.39 is 24.7 Å². The van der Waals surface area contributed by atoms with Gasteiger partial charge in [0.25, 0.3) is 0 Å². The molecule has 1 aliphatic heterocycles. The Morgan fingerprint density at radius 1 is 1.36 bits per heavy atom. The first kappa shape index (κ1) is 16.4. The molecule has 0 aromatic heterocycles. The first-order valence-electron chi connectivity index (χ1n) is 6.69. The molecule has 1 aliphatic rings. The van der Waals surface area contributed by atoms with Crippen LogP contribution in [0, 0.1) is 0 Å². The predicted octanol–water partition coefficient (Wildman–Crippen LogP) is 1.91. The van der Waals surface area contributed by atoms with Gasteiger partial charge in [0.2, 0.25) is 12.7 Å². The van der Waals surface area contributed by atoms with Gasteiger partial charge >= 0.3 is 6.18 Å². The molecule has 0 saturated heterocycles. The first-order chi connectivity index (χ1) is 10.3. The molecule has 0 spiro atoms. The fraction of sp³-hybridized carbons (Fsp3) is 0.500. The maximum absolute atomic E-state index is 12.1. The molecule has 1 atom stereocenters. The molecule has 2 rings (SSSR count). The van der Waals surface area contributed by atoms with Gasteiger partial charge in [-0.25, -0.2) is 0 Å². The van der Waals surface area contributed by atoms with Gasteiger partial charge in [0, 0.05) is 6.54 Å². The highest BCUT2D eigenvalue weighted by Gasteiger charge is 2.29. The van der Waals surface area contributed by atoms with Crippen LogP contribution in [0.5, 0.6) is 11.5 Å². The number of benzene rings is 1. The minimum Gasteiger partial charge on any atom is -0.454 e. The molecule has 0 aliphatic carbocycles. The third-order valence-electron chi connectivity index (χ3n) is 3.37. The van der Waals surface area contributed by atoms with E-state index in [-0.39, 0.29) is 6.79 Å². The molecule has 1 unspecified atom stereocenters. The van der Waals surface area contributed by atoms with Crippen LogP contribution in [0.3, 0.4) is 0 Å². The summed E-state index contributed by atoms with van der Waals surface area (Å²) in [7, 11) is 1.67. The van der Waals surface area contributed by atoms with Crippen LogP contribution in [-0.4, -0.2) is 43.4 Å². The highest BCUT2D eigenvalue weighted by atomic mass is 19.4. The molecule has 0 bridgehead atoms. The Hall–Kier alpha value is -1.96. The van der Waals surface area contributed by atoms with Crippen LogP contribution in [0.15, 0.2) is 18.2 Å². The second-order valence-electron chi connectivity index (χ2n) is 5.11. The van der Waals surface area contributed by atoms with Crippen molar-refractivity contribution in [3.63, 3.8) is 0 Å². The SMILES string of the molecule is CC(C(=O)NCC(F)(F)F)N(C)Cc1ccc2c(c1)OCO2. The van der Waals surface area contributed by atoms with Crippen molar-refractivity contribution in [3.8, 4) is 11.5 Å². The summed E-state index contributed by atoms with van der Waals surface area (Å²) >= 11 is 0. The van der Waals surface area contributed by atoms with Crippen molar-refractivity contribution >= 4 is 5.91 Å². The van der Waals surface area contributed by atoms with Crippen LogP contribution < -0.4 is 14.8 Å². The summed E-state index contributed by atoms with van der Waals surface area (Å²) in [6, 6.07) is 4.69. The third-order valence-corrected chi connectivity index (χ3v) is 3.37. The van der Waals surface area contributed by atoms with Crippen molar-refractivity contribution in [1.29, 1.82) is 0 Å². The number of hydrogen-bond donors (Lipinski definition) is 1. The maximum Gasteiger partial charge on any atom is 0.405 e. The number of alkyl halides is 3. The lowest BCUT2D eigenvalue weighted by atomic mass is 10.1. The number of fused-ring (bicyclic) bond motifs is 1. The summed E-state index contributed by atoms with van der Waals surface area (Å²) in [5, 5.41) is 1.88.